The van der Waals surface area contributed by atoms with E-state index in [1.165, 1.54) is 10.4 Å². The first-order valence-electron chi connectivity index (χ1n) is 9.88. The maximum atomic E-state index is 13.0. The van der Waals surface area contributed by atoms with E-state index >= 15 is 0 Å². The van der Waals surface area contributed by atoms with Gasteiger partial charge in [0.25, 0.3) is 5.91 Å². The number of thiophene rings is 1. The highest BCUT2D eigenvalue weighted by Gasteiger charge is 2.31. The Balaban J connectivity index is 1.55. The standard InChI is InChI=1S/C21H24N4O3S2/c1-14-10-15(2)12-16(11-14)17-13-19(24-23-17)22-21(26)20-18(6-9-29-20)30(27,28)25-7-4-3-5-8-25/h6,9-13H,3-5,7-8H2,1-2H3,(H2,22,23,24,26). The topological polar surface area (TPSA) is 95.2 Å². The molecule has 0 aliphatic carbocycles. The first kappa shape index (κ1) is 20.8. The fourth-order valence-electron chi connectivity index (χ4n) is 3.75. The zero-order chi connectivity index (χ0) is 21.3. The van der Waals surface area contributed by atoms with E-state index in [1.54, 1.807) is 11.4 Å². The number of piperidine rings is 1. The summed E-state index contributed by atoms with van der Waals surface area (Å²) in [5, 5.41) is 11.5. The van der Waals surface area contributed by atoms with Gasteiger partial charge in [0.2, 0.25) is 10.0 Å². The van der Waals surface area contributed by atoms with Gasteiger partial charge in [-0.2, -0.15) is 9.40 Å². The number of carbonyl (C=O) groups excluding carboxylic acids is 1. The number of hydrogen-bond donors (Lipinski definition) is 2. The number of anilines is 1. The third-order valence-electron chi connectivity index (χ3n) is 5.12. The smallest absolute Gasteiger partial charge is 0.268 e. The van der Waals surface area contributed by atoms with E-state index in [4.69, 9.17) is 0 Å². The lowest BCUT2D eigenvalue weighted by Gasteiger charge is -2.25. The van der Waals surface area contributed by atoms with Gasteiger partial charge in [-0.3, -0.25) is 9.89 Å². The van der Waals surface area contributed by atoms with Gasteiger partial charge in [0, 0.05) is 24.7 Å². The molecule has 4 rings (SSSR count). The molecule has 1 aromatic carbocycles. The van der Waals surface area contributed by atoms with Crippen molar-refractivity contribution < 1.29 is 13.2 Å². The molecule has 30 heavy (non-hydrogen) atoms. The van der Waals surface area contributed by atoms with Crippen LogP contribution in [-0.2, 0) is 10.0 Å². The fourth-order valence-corrected chi connectivity index (χ4v) is 6.56. The number of H-pyrrole nitrogens is 1. The van der Waals surface area contributed by atoms with Crippen molar-refractivity contribution in [2.24, 2.45) is 0 Å². The van der Waals surface area contributed by atoms with Crippen LogP contribution in [0.3, 0.4) is 0 Å². The molecule has 0 atom stereocenters. The zero-order valence-corrected chi connectivity index (χ0v) is 18.6. The molecule has 0 saturated carbocycles. The molecule has 1 aliphatic rings. The van der Waals surface area contributed by atoms with E-state index in [1.807, 2.05) is 26.0 Å². The van der Waals surface area contributed by atoms with Crippen molar-refractivity contribution in [2.75, 3.05) is 18.4 Å². The number of hydrogen-bond acceptors (Lipinski definition) is 5. The number of carbonyl (C=O) groups is 1. The molecule has 2 N–H and O–H groups in total. The second-order valence-electron chi connectivity index (χ2n) is 7.58. The molecule has 1 amide bonds. The Bertz CT molecular complexity index is 1150. The lowest BCUT2D eigenvalue weighted by atomic mass is 10.1. The van der Waals surface area contributed by atoms with Crippen LogP contribution in [0.1, 0.15) is 40.1 Å². The van der Waals surface area contributed by atoms with Crippen LogP contribution in [0.5, 0.6) is 0 Å². The van der Waals surface area contributed by atoms with E-state index in [0.29, 0.717) is 18.9 Å². The van der Waals surface area contributed by atoms with Crippen molar-refractivity contribution in [3.8, 4) is 11.3 Å². The lowest BCUT2D eigenvalue weighted by molar-refractivity contribution is 0.102. The molecule has 158 valence electrons. The van der Waals surface area contributed by atoms with Gasteiger partial charge in [-0.15, -0.1) is 11.3 Å². The van der Waals surface area contributed by atoms with Crippen molar-refractivity contribution in [3.05, 3.63) is 51.7 Å². The van der Waals surface area contributed by atoms with Crippen LogP contribution in [0.4, 0.5) is 5.82 Å². The van der Waals surface area contributed by atoms with Gasteiger partial charge in [0.15, 0.2) is 5.82 Å². The molecular weight excluding hydrogens is 420 g/mol. The summed E-state index contributed by atoms with van der Waals surface area (Å²) in [7, 11) is -3.68. The average molecular weight is 445 g/mol. The molecule has 3 aromatic rings. The molecule has 0 unspecified atom stereocenters. The van der Waals surface area contributed by atoms with Crippen LogP contribution < -0.4 is 5.32 Å². The normalized spacial score (nSPS) is 15.3. The van der Waals surface area contributed by atoms with Gasteiger partial charge in [-0.1, -0.05) is 23.6 Å². The summed E-state index contributed by atoms with van der Waals surface area (Å²) in [6, 6.07) is 9.42. The fraction of sp³-hybridized carbons (Fsp3) is 0.333. The predicted molar refractivity (Wildman–Crippen MR) is 118 cm³/mol. The van der Waals surface area contributed by atoms with Gasteiger partial charge >= 0.3 is 0 Å². The SMILES string of the molecule is Cc1cc(C)cc(-c2cc(NC(=O)c3sccc3S(=O)(=O)N3CCCCC3)n[nH]2)c1. The highest BCUT2D eigenvalue weighted by Crippen LogP contribution is 2.28. The van der Waals surface area contributed by atoms with Gasteiger partial charge in [0.1, 0.15) is 9.77 Å². The van der Waals surface area contributed by atoms with Gasteiger partial charge in [0.05, 0.1) is 5.69 Å². The first-order valence-corrected chi connectivity index (χ1v) is 12.2. The molecule has 9 heteroatoms. The number of sulfonamides is 1. The van der Waals surface area contributed by atoms with E-state index in [2.05, 4.69) is 21.6 Å². The quantitative estimate of drug-likeness (QED) is 0.617. The number of aryl methyl sites for hydroxylation is 2. The number of nitrogens with one attached hydrogen (secondary N) is 2. The Morgan fingerprint density at radius 1 is 1.10 bits per heavy atom. The monoisotopic (exact) mass is 444 g/mol. The Kier molecular flexibility index (Phi) is 5.77. The molecule has 1 aliphatic heterocycles. The van der Waals surface area contributed by atoms with Crippen LogP contribution >= 0.6 is 11.3 Å². The second-order valence-corrected chi connectivity index (χ2v) is 10.4. The van der Waals surface area contributed by atoms with Crippen molar-refractivity contribution >= 4 is 33.1 Å². The molecule has 3 heterocycles. The van der Waals surface area contributed by atoms with E-state index in [0.717, 1.165) is 53.0 Å². The minimum atomic E-state index is -3.68. The second kappa shape index (κ2) is 8.33. The number of rotatable bonds is 5. The largest absolute Gasteiger partial charge is 0.304 e. The Hall–Kier alpha value is -2.49. The number of amides is 1. The van der Waals surface area contributed by atoms with Crippen LogP contribution in [0.2, 0.25) is 0 Å². The summed E-state index contributed by atoms with van der Waals surface area (Å²) in [6.07, 6.45) is 2.73. The van der Waals surface area contributed by atoms with Gasteiger partial charge in [-0.05, 0) is 50.3 Å². The number of aromatic amines is 1. The Labute approximate surface area is 180 Å². The van der Waals surface area contributed by atoms with Crippen LogP contribution in [-0.4, -0.2) is 41.9 Å². The molecule has 1 fully saturated rings. The highest BCUT2D eigenvalue weighted by atomic mass is 32.2. The highest BCUT2D eigenvalue weighted by molar-refractivity contribution is 7.89. The molecule has 1 saturated heterocycles. The van der Waals surface area contributed by atoms with Crippen LogP contribution in [0, 0.1) is 13.8 Å². The molecule has 0 bridgehead atoms. The van der Waals surface area contributed by atoms with Gasteiger partial charge < -0.3 is 5.32 Å². The Morgan fingerprint density at radius 2 is 1.80 bits per heavy atom. The number of nitrogens with zero attached hydrogens (tertiary/aromatic N) is 2. The Morgan fingerprint density at radius 3 is 2.50 bits per heavy atom. The zero-order valence-electron chi connectivity index (χ0n) is 16.9. The van der Waals surface area contributed by atoms with Crippen molar-refractivity contribution in [1.82, 2.24) is 14.5 Å². The molecule has 7 nitrogen and oxygen atoms in total. The number of aromatic nitrogens is 2. The predicted octanol–water partition coefficient (Wildman–Crippen LogP) is 4.18. The maximum absolute atomic E-state index is 13.0. The summed E-state index contributed by atoms with van der Waals surface area (Å²) >= 11 is 1.12. The molecular formula is C21H24N4O3S2. The number of benzene rings is 1. The third-order valence-corrected chi connectivity index (χ3v) is 8.10. The maximum Gasteiger partial charge on any atom is 0.268 e. The summed E-state index contributed by atoms with van der Waals surface area (Å²) in [6.45, 7) is 5.04. The van der Waals surface area contributed by atoms with Crippen molar-refractivity contribution in [1.29, 1.82) is 0 Å². The molecule has 0 radical (unpaired) electrons. The third kappa shape index (κ3) is 4.19. The summed E-state index contributed by atoms with van der Waals surface area (Å²) in [5.41, 5.74) is 4.03. The van der Waals surface area contributed by atoms with E-state index in [-0.39, 0.29) is 9.77 Å². The van der Waals surface area contributed by atoms with Crippen molar-refractivity contribution in [2.45, 2.75) is 38.0 Å². The van der Waals surface area contributed by atoms with E-state index < -0.39 is 15.9 Å². The molecule has 2 aromatic heterocycles. The van der Waals surface area contributed by atoms with E-state index in [9.17, 15) is 13.2 Å². The van der Waals surface area contributed by atoms with Crippen LogP contribution in [0.25, 0.3) is 11.3 Å². The minimum Gasteiger partial charge on any atom is -0.304 e. The van der Waals surface area contributed by atoms with Crippen LogP contribution in [0.15, 0.2) is 40.6 Å². The minimum absolute atomic E-state index is 0.0666. The van der Waals surface area contributed by atoms with Gasteiger partial charge in [-0.25, -0.2) is 8.42 Å². The van der Waals surface area contributed by atoms with Crippen molar-refractivity contribution in [3.63, 3.8) is 0 Å². The first-order chi connectivity index (χ1) is 14.3. The summed E-state index contributed by atoms with van der Waals surface area (Å²) in [4.78, 5) is 13.1. The summed E-state index contributed by atoms with van der Waals surface area (Å²) < 4.78 is 27.5. The lowest BCUT2D eigenvalue weighted by Crippen LogP contribution is -2.36. The average Bonchev–Trinajstić information content (AvgIpc) is 3.38. The molecule has 0 spiro atoms. The summed E-state index contributed by atoms with van der Waals surface area (Å²) in [5.74, 6) is -0.122.